The van der Waals surface area contributed by atoms with Gasteiger partial charge in [0.05, 0.1) is 13.7 Å². The molecular formula is C20H31NO5S. The Morgan fingerprint density at radius 1 is 1.22 bits per heavy atom. The van der Waals surface area contributed by atoms with Crippen LogP contribution in [0.5, 0.6) is 11.5 Å². The van der Waals surface area contributed by atoms with Gasteiger partial charge in [-0.3, -0.25) is 4.79 Å². The third-order valence-electron chi connectivity index (χ3n) is 3.75. The Morgan fingerprint density at radius 3 is 2.44 bits per heavy atom. The summed E-state index contributed by atoms with van der Waals surface area (Å²) in [7, 11) is 3.33. The summed E-state index contributed by atoms with van der Waals surface area (Å²) in [6.07, 6.45) is 0.317. The number of benzene rings is 1. The maximum absolute atomic E-state index is 12.2. The van der Waals surface area contributed by atoms with Gasteiger partial charge in [-0.15, -0.1) is 0 Å². The number of ether oxygens (including phenoxy) is 3. The third-order valence-corrected chi connectivity index (χ3v) is 4.53. The number of hydrogen-bond donors (Lipinski definition) is 0. The predicted molar refractivity (Wildman–Crippen MR) is 109 cm³/mol. The number of thioether (sulfide) groups is 1. The zero-order chi connectivity index (χ0) is 20.6. The van der Waals surface area contributed by atoms with E-state index in [1.54, 1.807) is 19.1 Å². The van der Waals surface area contributed by atoms with E-state index in [0.29, 0.717) is 30.3 Å². The van der Waals surface area contributed by atoms with Gasteiger partial charge in [0.25, 0.3) is 0 Å². The lowest BCUT2D eigenvalue weighted by molar-refractivity contribution is -0.109. The minimum atomic E-state index is -0.520. The molecule has 1 atom stereocenters. The lowest BCUT2D eigenvalue weighted by atomic mass is 10.1. The molecule has 1 amide bonds. The molecule has 0 radical (unpaired) electrons. The highest BCUT2D eigenvalue weighted by Gasteiger charge is 2.23. The normalized spacial score (nSPS) is 12.3. The van der Waals surface area contributed by atoms with E-state index in [-0.39, 0.29) is 17.3 Å². The predicted octanol–water partition coefficient (Wildman–Crippen LogP) is 4.15. The molecule has 27 heavy (non-hydrogen) atoms. The van der Waals surface area contributed by atoms with E-state index in [0.717, 1.165) is 5.56 Å². The zero-order valence-corrected chi connectivity index (χ0v) is 18.1. The van der Waals surface area contributed by atoms with Gasteiger partial charge in [-0.25, -0.2) is 4.79 Å². The second-order valence-electron chi connectivity index (χ2n) is 7.32. The fourth-order valence-electron chi connectivity index (χ4n) is 2.29. The minimum absolute atomic E-state index is 0.0386. The molecule has 0 aromatic heterocycles. The first-order valence-corrected chi connectivity index (χ1v) is 9.91. The standard InChI is InChI=1S/C20H31NO5S/c1-14(21(6)19(23)26-20(3,4)5)12-16-8-9-17(18(13-16)24-7)25-10-11-27-15(2)22/h8-9,13-14H,10-12H2,1-7H3. The van der Waals surface area contributed by atoms with Crippen molar-refractivity contribution in [1.82, 2.24) is 4.90 Å². The molecule has 1 aromatic rings. The summed E-state index contributed by atoms with van der Waals surface area (Å²) in [5.74, 6) is 1.86. The third kappa shape index (κ3) is 8.56. The van der Waals surface area contributed by atoms with Gasteiger partial charge < -0.3 is 19.1 Å². The number of rotatable bonds is 8. The van der Waals surface area contributed by atoms with E-state index in [9.17, 15) is 9.59 Å². The zero-order valence-electron chi connectivity index (χ0n) is 17.3. The van der Waals surface area contributed by atoms with Crippen molar-refractivity contribution < 1.29 is 23.8 Å². The van der Waals surface area contributed by atoms with Gasteiger partial charge in [0, 0.05) is 25.8 Å². The molecular weight excluding hydrogens is 366 g/mol. The second kappa shape index (κ2) is 10.4. The van der Waals surface area contributed by atoms with E-state index in [2.05, 4.69) is 0 Å². The minimum Gasteiger partial charge on any atom is -0.493 e. The summed E-state index contributed by atoms with van der Waals surface area (Å²) >= 11 is 1.23. The van der Waals surface area contributed by atoms with E-state index in [1.807, 2.05) is 45.9 Å². The first kappa shape index (κ1) is 23.1. The number of carbonyl (C=O) groups excluding carboxylic acids is 2. The lowest BCUT2D eigenvalue weighted by Crippen LogP contribution is -2.40. The molecule has 0 aliphatic rings. The molecule has 0 bridgehead atoms. The van der Waals surface area contributed by atoms with Gasteiger partial charge in [-0.1, -0.05) is 17.8 Å². The molecule has 0 spiro atoms. The van der Waals surface area contributed by atoms with Gasteiger partial charge in [0.1, 0.15) is 5.60 Å². The largest absolute Gasteiger partial charge is 0.493 e. The van der Waals surface area contributed by atoms with Gasteiger partial charge in [-0.05, 0) is 51.8 Å². The molecule has 1 aromatic carbocycles. The number of carbonyl (C=O) groups is 2. The van der Waals surface area contributed by atoms with E-state index in [1.165, 1.54) is 18.7 Å². The first-order chi connectivity index (χ1) is 12.5. The van der Waals surface area contributed by atoms with E-state index in [4.69, 9.17) is 14.2 Å². The van der Waals surface area contributed by atoms with Crippen LogP contribution in [0, 0.1) is 0 Å². The Labute approximate surface area is 166 Å². The maximum Gasteiger partial charge on any atom is 0.410 e. The highest BCUT2D eigenvalue weighted by atomic mass is 32.2. The second-order valence-corrected chi connectivity index (χ2v) is 8.59. The van der Waals surface area contributed by atoms with Crippen LogP contribution in [0.15, 0.2) is 18.2 Å². The summed E-state index contributed by atoms with van der Waals surface area (Å²) < 4.78 is 16.5. The Balaban J connectivity index is 2.69. The Kier molecular flexibility index (Phi) is 8.96. The summed E-state index contributed by atoms with van der Waals surface area (Å²) in [6.45, 7) is 9.48. The van der Waals surface area contributed by atoms with Gasteiger partial charge in [0.15, 0.2) is 16.6 Å². The van der Waals surface area contributed by atoms with Crippen molar-refractivity contribution >= 4 is 23.0 Å². The van der Waals surface area contributed by atoms with Crippen LogP contribution in [0.4, 0.5) is 4.79 Å². The van der Waals surface area contributed by atoms with Crippen LogP contribution in [0.2, 0.25) is 0 Å². The summed E-state index contributed by atoms with van der Waals surface area (Å²) in [4.78, 5) is 24.7. The van der Waals surface area contributed by atoms with Gasteiger partial charge >= 0.3 is 6.09 Å². The van der Waals surface area contributed by atoms with Crippen LogP contribution in [0.3, 0.4) is 0 Å². The van der Waals surface area contributed by atoms with Crippen molar-refractivity contribution in [2.45, 2.75) is 52.7 Å². The Hall–Kier alpha value is -1.89. The van der Waals surface area contributed by atoms with Crippen LogP contribution in [-0.2, 0) is 16.0 Å². The molecule has 152 valence electrons. The molecule has 0 aliphatic carbocycles. The van der Waals surface area contributed by atoms with Crippen molar-refractivity contribution in [2.75, 3.05) is 26.5 Å². The van der Waals surface area contributed by atoms with Crippen LogP contribution < -0.4 is 9.47 Å². The molecule has 0 saturated carbocycles. The first-order valence-electron chi connectivity index (χ1n) is 8.92. The molecule has 0 saturated heterocycles. The average Bonchev–Trinajstić information content (AvgIpc) is 2.56. The maximum atomic E-state index is 12.2. The summed E-state index contributed by atoms with van der Waals surface area (Å²) in [5, 5.41) is 0.0732. The topological polar surface area (TPSA) is 65.1 Å². The quantitative estimate of drug-likeness (QED) is 0.614. The molecule has 0 fully saturated rings. The number of nitrogens with zero attached hydrogens (tertiary/aromatic N) is 1. The van der Waals surface area contributed by atoms with Crippen molar-refractivity contribution in [3.8, 4) is 11.5 Å². The van der Waals surface area contributed by atoms with Crippen LogP contribution >= 0.6 is 11.8 Å². The van der Waals surface area contributed by atoms with Gasteiger partial charge in [0.2, 0.25) is 0 Å². The average molecular weight is 398 g/mol. The summed E-state index contributed by atoms with van der Waals surface area (Å²) in [6, 6.07) is 5.68. The number of likely N-dealkylation sites (N-methyl/N-ethyl adjacent to an activating group) is 1. The fourth-order valence-corrected chi connectivity index (χ4v) is 2.74. The highest BCUT2D eigenvalue weighted by Crippen LogP contribution is 2.29. The van der Waals surface area contributed by atoms with Crippen molar-refractivity contribution in [3.63, 3.8) is 0 Å². The molecule has 1 rings (SSSR count). The van der Waals surface area contributed by atoms with Crippen molar-refractivity contribution in [1.29, 1.82) is 0 Å². The Morgan fingerprint density at radius 2 is 1.89 bits per heavy atom. The van der Waals surface area contributed by atoms with Crippen molar-refractivity contribution in [3.05, 3.63) is 23.8 Å². The molecule has 0 aliphatic heterocycles. The van der Waals surface area contributed by atoms with Crippen LogP contribution in [0.25, 0.3) is 0 Å². The Bertz CT molecular complexity index is 642. The molecule has 0 N–H and O–H groups in total. The van der Waals surface area contributed by atoms with Crippen LogP contribution in [-0.4, -0.2) is 54.3 Å². The number of methoxy groups -OCH3 is 1. The molecule has 0 heterocycles. The smallest absolute Gasteiger partial charge is 0.410 e. The van der Waals surface area contributed by atoms with E-state index < -0.39 is 5.60 Å². The van der Waals surface area contributed by atoms with Crippen LogP contribution in [0.1, 0.15) is 40.2 Å². The lowest BCUT2D eigenvalue weighted by Gasteiger charge is -2.29. The fraction of sp³-hybridized carbons (Fsp3) is 0.600. The number of amides is 1. The molecule has 7 heteroatoms. The van der Waals surface area contributed by atoms with Crippen molar-refractivity contribution in [2.24, 2.45) is 0 Å². The summed E-state index contributed by atoms with van der Waals surface area (Å²) in [5.41, 5.74) is 0.508. The molecule has 6 nitrogen and oxygen atoms in total. The van der Waals surface area contributed by atoms with E-state index >= 15 is 0 Å². The number of hydrogen-bond acceptors (Lipinski definition) is 6. The SMILES string of the molecule is COc1cc(CC(C)N(C)C(=O)OC(C)(C)C)ccc1OCCSC(C)=O. The monoisotopic (exact) mass is 397 g/mol. The highest BCUT2D eigenvalue weighted by molar-refractivity contribution is 8.13. The molecule has 1 unspecified atom stereocenters. The van der Waals surface area contributed by atoms with Gasteiger partial charge in [-0.2, -0.15) is 0 Å².